The van der Waals surface area contributed by atoms with Gasteiger partial charge >= 0.3 is 11.9 Å². The number of aromatic carboxylic acids is 1. The summed E-state index contributed by atoms with van der Waals surface area (Å²) >= 11 is 0. The van der Waals surface area contributed by atoms with E-state index in [9.17, 15) is 14.7 Å². The number of carbonyl (C=O) groups excluding carboxylic acids is 1. The maximum absolute atomic E-state index is 13.0. The average Bonchev–Trinajstić information content (AvgIpc) is 2.98. The fourth-order valence-corrected chi connectivity index (χ4v) is 4.15. The fourth-order valence-electron chi connectivity index (χ4n) is 4.15. The Hall–Kier alpha value is -4.98. The molecular formula is C31H28O8. The molecule has 0 aliphatic carbocycles. The summed E-state index contributed by atoms with van der Waals surface area (Å²) < 4.78 is 28.7. The maximum Gasteiger partial charge on any atom is 0.338 e. The summed E-state index contributed by atoms with van der Waals surface area (Å²) in [6.07, 6.45) is 0. The summed E-state index contributed by atoms with van der Waals surface area (Å²) in [5.74, 6) is -1.07. The lowest BCUT2D eigenvalue weighted by atomic mass is 9.92. The van der Waals surface area contributed by atoms with E-state index in [4.69, 9.17) is 23.7 Å². The maximum atomic E-state index is 13.0. The Morgan fingerprint density at radius 3 is 1.46 bits per heavy atom. The van der Waals surface area contributed by atoms with Gasteiger partial charge in [-0.15, -0.1) is 0 Å². The van der Waals surface area contributed by atoms with Crippen molar-refractivity contribution in [1.82, 2.24) is 0 Å². The van der Waals surface area contributed by atoms with E-state index in [1.54, 1.807) is 6.07 Å². The van der Waals surface area contributed by atoms with Gasteiger partial charge in [0.25, 0.3) is 0 Å². The van der Waals surface area contributed by atoms with Gasteiger partial charge < -0.3 is 28.8 Å². The van der Waals surface area contributed by atoms with Gasteiger partial charge in [0, 0.05) is 11.1 Å². The van der Waals surface area contributed by atoms with Crippen molar-refractivity contribution in [2.45, 2.75) is 13.2 Å². The molecular weight excluding hydrogens is 500 g/mol. The van der Waals surface area contributed by atoms with Crippen molar-refractivity contribution < 1.29 is 38.4 Å². The molecule has 0 fully saturated rings. The summed E-state index contributed by atoms with van der Waals surface area (Å²) in [6.45, 7) is 0.242. The van der Waals surface area contributed by atoms with Crippen molar-refractivity contribution in [3.63, 3.8) is 0 Å². The Labute approximate surface area is 226 Å². The number of carboxylic acid groups (broad SMARTS) is 1. The van der Waals surface area contributed by atoms with Gasteiger partial charge in [0.2, 0.25) is 0 Å². The molecule has 0 saturated carbocycles. The van der Waals surface area contributed by atoms with Gasteiger partial charge in [-0.3, -0.25) is 0 Å². The quantitative estimate of drug-likeness (QED) is 0.236. The zero-order valence-corrected chi connectivity index (χ0v) is 21.8. The zero-order chi connectivity index (χ0) is 27.8. The number of benzene rings is 4. The molecule has 0 heterocycles. The summed E-state index contributed by atoms with van der Waals surface area (Å²) in [5, 5.41) is 10.2. The van der Waals surface area contributed by atoms with Crippen LogP contribution in [0.3, 0.4) is 0 Å². The molecule has 0 atom stereocenters. The van der Waals surface area contributed by atoms with Crippen LogP contribution in [0.15, 0.2) is 84.9 Å². The molecule has 0 amide bonds. The first kappa shape index (κ1) is 27.1. The number of hydrogen-bond donors (Lipinski definition) is 1. The molecule has 0 radical (unpaired) electrons. The van der Waals surface area contributed by atoms with Crippen LogP contribution in [0.2, 0.25) is 0 Å². The van der Waals surface area contributed by atoms with E-state index in [0.29, 0.717) is 5.75 Å². The molecule has 4 rings (SSSR count). The molecule has 0 unspecified atom stereocenters. The second-order valence-corrected chi connectivity index (χ2v) is 8.38. The average molecular weight is 529 g/mol. The van der Waals surface area contributed by atoms with Crippen LogP contribution in [0.4, 0.5) is 0 Å². The van der Waals surface area contributed by atoms with Crippen molar-refractivity contribution in [2.75, 3.05) is 21.3 Å². The first-order chi connectivity index (χ1) is 19.0. The topological polar surface area (TPSA) is 101 Å². The summed E-state index contributed by atoms with van der Waals surface area (Å²) in [7, 11) is 4.16. The molecule has 0 aliphatic rings. The Morgan fingerprint density at radius 2 is 1.05 bits per heavy atom. The first-order valence-electron chi connectivity index (χ1n) is 12.1. The lowest BCUT2D eigenvalue weighted by Gasteiger charge is -2.22. The molecule has 8 heteroatoms. The lowest BCUT2D eigenvalue weighted by molar-refractivity contribution is 0.0599. The molecule has 0 saturated heterocycles. The highest BCUT2D eigenvalue weighted by molar-refractivity contribution is 6.07. The number of ether oxygens (including phenoxy) is 5. The van der Waals surface area contributed by atoms with Gasteiger partial charge in [0.1, 0.15) is 13.2 Å². The zero-order valence-electron chi connectivity index (χ0n) is 21.8. The number of carbonyl (C=O) groups is 2. The monoisotopic (exact) mass is 528 g/mol. The van der Waals surface area contributed by atoms with E-state index in [1.807, 2.05) is 60.7 Å². The summed E-state index contributed by atoms with van der Waals surface area (Å²) in [6, 6.07) is 24.8. The summed E-state index contributed by atoms with van der Waals surface area (Å²) in [4.78, 5) is 25.6. The molecule has 39 heavy (non-hydrogen) atoms. The molecule has 1 N–H and O–H groups in total. The van der Waals surface area contributed by atoms with Crippen LogP contribution in [0.1, 0.15) is 31.8 Å². The van der Waals surface area contributed by atoms with Crippen molar-refractivity contribution in [3.05, 3.63) is 107 Å². The highest BCUT2D eigenvalue weighted by Crippen LogP contribution is 2.49. The number of rotatable bonds is 11. The largest absolute Gasteiger partial charge is 0.493 e. The minimum atomic E-state index is -1.23. The van der Waals surface area contributed by atoms with E-state index in [-0.39, 0.29) is 52.7 Å². The van der Waals surface area contributed by atoms with Crippen LogP contribution >= 0.6 is 0 Å². The number of carboxylic acids is 1. The van der Waals surface area contributed by atoms with E-state index < -0.39 is 11.9 Å². The Bertz CT molecular complexity index is 1450. The van der Waals surface area contributed by atoms with E-state index in [0.717, 1.165) is 11.1 Å². The third kappa shape index (κ3) is 5.96. The van der Waals surface area contributed by atoms with Crippen LogP contribution < -0.4 is 18.9 Å². The third-order valence-corrected chi connectivity index (χ3v) is 6.02. The first-order valence-corrected chi connectivity index (χ1v) is 12.1. The van der Waals surface area contributed by atoms with Gasteiger partial charge in [-0.1, -0.05) is 60.7 Å². The van der Waals surface area contributed by atoms with Crippen molar-refractivity contribution in [3.8, 4) is 34.1 Å². The second kappa shape index (κ2) is 12.5. The molecule has 4 aromatic carbocycles. The predicted octanol–water partition coefficient (Wildman–Crippen LogP) is 6.01. The van der Waals surface area contributed by atoms with Crippen LogP contribution in [0.5, 0.6) is 23.0 Å². The summed E-state index contributed by atoms with van der Waals surface area (Å²) in [5.41, 5.74) is 1.91. The van der Waals surface area contributed by atoms with Crippen molar-refractivity contribution in [2.24, 2.45) is 0 Å². The lowest BCUT2D eigenvalue weighted by Crippen LogP contribution is -2.11. The Morgan fingerprint density at radius 1 is 0.615 bits per heavy atom. The standard InChI is InChI=1S/C31H28O8/c1-35-24-16-14-22(30(32)33)26(28(24)38-18-20-10-6-4-7-11-20)27-23(31(34)37-3)15-17-25(36-2)29(27)39-19-21-12-8-5-9-13-21/h4-17H,18-19H2,1-3H3,(H,32,33). The number of hydrogen-bond acceptors (Lipinski definition) is 7. The second-order valence-electron chi connectivity index (χ2n) is 8.38. The van der Waals surface area contributed by atoms with Crippen LogP contribution in [0, 0.1) is 0 Å². The minimum absolute atomic E-state index is 0.0710. The smallest absolute Gasteiger partial charge is 0.338 e. The van der Waals surface area contributed by atoms with Crippen LogP contribution in [-0.4, -0.2) is 38.4 Å². The minimum Gasteiger partial charge on any atom is -0.493 e. The number of methoxy groups -OCH3 is 3. The predicted molar refractivity (Wildman–Crippen MR) is 145 cm³/mol. The SMILES string of the molecule is COC(=O)c1ccc(OC)c(OCc2ccccc2)c1-c1c(C(=O)O)ccc(OC)c1OCc1ccccc1. The van der Waals surface area contributed by atoms with E-state index >= 15 is 0 Å². The normalized spacial score (nSPS) is 10.4. The van der Waals surface area contributed by atoms with Crippen LogP contribution in [-0.2, 0) is 18.0 Å². The van der Waals surface area contributed by atoms with Crippen molar-refractivity contribution in [1.29, 1.82) is 0 Å². The molecule has 8 nitrogen and oxygen atoms in total. The van der Waals surface area contributed by atoms with E-state index in [2.05, 4.69) is 0 Å². The van der Waals surface area contributed by atoms with Gasteiger partial charge in [0.05, 0.1) is 32.5 Å². The molecule has 0 aliphatic heterocycles. The van der Waals surface area contributed by atoms with Crippen LogP contribution in [0.25, 0.3) is 11.1 Å². The molecule has 200 valence electrons. The highest BCUT2D eigenvalue weighted by atomic mass is 16.5. The molecule has 4 aromatic rings. The van der Waals surface area contributed by atoms with Gasteiger partial charge in [-0.25, -0.2) is 9.59 Å². The third-order valence-electron chi connectivity index (χ3n) is 6.02. The molecule has 0 aromatic heterocycles. The highest BCUT2D eigenvalue weighted by Gasteiger charge is 2.30. The fraction of sp³-hybridized carbons (Fsp3) is 0.161. The van der Waals surface area contributed by atoms with Gasteiger partial charge in [-0.2, -0.15) is 0 Å². The molecule has 0 bridgehead atoms. The van der Waals surface area contributed by atoms with E-state index in [1.165, 1.54) is 39.5 Å². The van der Waals surface area contributed by atoms with Gasteiger partial charge in [0.15, 0.2) is 23.0 Å². The van der Waals surface area contributed by atoms with Crippen molar-refractivity contribution >= 4 is 11.9 Å². The Balaban J connectivity index is 1.99. The Kier molecular flexibility index (Phi) is 8.68. The number of esters is 1. The molecule has 0 spiro atoms. The van der Waals surface area contributed by atoms with Gasteiger partial charge in [-0.05, 0) is 35.4 Å².